The van der Waals surface area contributed by atoms with Gasteiger partial charge in [0.25, 0.3) is 0 Å². The van der Waals surface area contributed by atoms with Crippen LogP contribution >= 0.6 is 0 Å². The number of aliphatic carboxylic acids is 1. The Kier molecular flexibility index (Phi) is 6.49. The standard InChI is InChI=1S/C22H25N3O4/c26-19(27)14-17-9-6-10-18(13-17)24-20(28)22(11-4-5-12-22)25-21(29)23-15-16-7-2-1-3-8-16/h1-3,6-10,13H,4-5,11-12,14-15H2,(H,24,28)(H,26,27)(H2,23,25,29). The lowest BCUT2D eigenvalue weighted by molar-refractivity contribution is -0.136. The van der Waals surface area contributed by atoms with Gasteiger partial charge in [0, 0.05) is 12.2 Å². The molecule has 0 bridgehead atoms. The van der Waals surface area contributed by atoms with Crippen LogP contribution in [0.25, 0.3) is 0 Å². The Morgan fingerprint density at radius 2 is 1.62 bits per heavy atom. The van der Waals surface area contributed by atoms with E-state index in [0.717, 1.165) is 18.4 Å². The van der Waals surface area contributed by atoms with Crippen molar-refractivity contribution in [2.75, 3.05) is 5.32 Å². The number of carbonyl (C=O) groups excluding carboxylic acids is 2. The molecule has 7 nitrogen and oxygen atoms in total. The van der Waals surface area contributed by atoms with Crippen molar-refractivity contribution in [3.05, 3.63) is 65.7 Å². The first kappa shape index (κ1) is 20.4. The van der Waals surface area contributed by atoms with E-state index in [2.05, 4.69) is 16.0 Å². The van der Waals surface area contributed by atoms with E-state index >= 15 is 0 Å². The zero-order chi connectivity index (χ0) is 20.7. The molecule has 1 fully saturated rings. The molecule has 152 valence electrons. The van der Waals surface area contributed by atoms with Gasteiger partial charge >= 0.3 is 12.0 Å². The second-order valence-corrected chi connectivity index (χ2v) is 7.31. The fourth-order valence-corrected chi connectivity index (χ4v) is 3.61. The smallest absolute Gasteiger partial charge is 0.315 e. The number of nitrogens with one attached hydrogen (secondary N) is 3. The molecule has 0 aromatic heterocycles. The number of anilines is 1. The van der Waals surface area contributed by atoms with Crippen molar-refractivity contribution in [2.24, 2.45) is 0 Å². The molecular formula is C22H25N3O4. The van der Waals surface area contributed by atoms with Gasteiger partial charge in [0.05, 0.1) is 6.42 Å². The van der Waals surface area contributed by atoms with Crippen molar-refractivity contribution in [3.8, 4) is 0 Å². The number of amides is 3. The third-order valence-electron chi connectivity index (χ3n) is 5.08. The first-order valence-electron chi connectivity index (χ1n) is 9.69. The van der Waals surface area contributed by atoms with Gasteiger partial charge in [0.1, 0.15) is 5.54 Å². The number of carbonyl (C=O) groups is 3. The third-order valence-corrected chi connectivity index (χ3v) is 5.08. The van der Waals surface area contributed by atoms with Crippen LogP contribution in [0.15, 0.2) is 54.6 Å². The average molecular weight is 395 g/mol. The molecule has 1 aliphatic carbocycles. The van der Waals surface area contributed by atoms with Gasteiger partial charge in [0.15, 0.2) is 0 Å². The molecule has 2 aromatic carbocycles. The number of benzene rings is 2. The minimum Gasteiger partial charge on any atom is -0.481 e. The normalized spacial score (nSPS) is 14.8. The highest BCUT2D eigenvalue weighted by Crippen LogP contribution is 2.31. The van der Waals surface area contributed by atoms with Gasteiger partial charge in [-0.25, -0.2) is 4.79 Å². The van der Waals surface area contributed by atoms with E-state index in [1.165, 1.54) is 0 Å². The van der Waals surface area contributed by atoms with E-state index in [1.807, 2.05) is 30.3 Å². The molecule has 0 atom stereocenters. The largest absolute Gasteiger partial charge is 0.481 e. The highest BCUT2D eigenvalue weighted by Gasteiger charge is 2.42. The lowest BCUT2D eigenvalue weighted by atomic mass is 9.96. The van der Waals surface area contributed by atoms with Gasteiger partial charge in [-0.05, 0) is 36.1 Å². The predicted molar refractivity (Wildman–Crippen MR) is 109 cm³/mol. The van der Waals surface area contributed by atoms with E-state index in [9.17, 15) is 14.4 Å². The molecule has 29 heavy (non-hydrogen) atoms. The van der Waals surface area contributed by atoms with Gasteiger partial charge in [0.2, 0.25) is 5.91 Å². The van der Waals surface area contributed by atoms with Crippen LogP contribution in [-0.4, -0.2) is 28.6 Å². The molecule has 0 unspecified atom stereocenters. The molecule has 1 aliphatic rings. The van der Waals surface area contributed by atoms with Gasteiger partial charge in [-0.1, -0.05) is 55.3 Å². The van der Waals surface area contributed by atoms with E-state index in [1.54, 1.807) is 24.3 Å². The summed E-state index contributed by atoms with van der Waals surface area (Å²) in [5.74, 6) is -1.21. The predicted octanol–water partition coefficient (Wildman–Crippen LogP) is 3.06. The molecule has 7 heteroatoms. The third kappa shape index (κ3) is 5.57. The van der Waals surface area contributed by atoms with Gasteiger partial charge in [-0.2, -0.15) is 0 Å². The number of hydrogen-bond donors (Lipinski definition) is 4. The maximum absolute atomic E-state index is 13.0. The summed E-state index contributed by atoms with van der Waals surface area (Å²) in [5.41, 5.74) is 1.13. The van der Waals surface area contributed by atoms with Crippen LogP contribution in [0.4, 0.5) is 10.5 Å². The zero-order valence-corrected chi connectivity index (χ0v) is 16.1. The van der Waals surface area contributed by atoms with Crippen LogP contribution in [0, 0.1) is 0 Å². The number of hydrogen-bond acceptors (Lipinski definition) is 3. The van der Waals surface area contributed by atoms with Gasteiger partial charge in [-0.15, -0.1) is 0 Å². The van der Waals surface area contributed by atoms with Crippen LogP contribution in [-0.2, 0) is 22.6 Å². The summed E-state index contributed by atoms with van der Waals surface area (Å²) in [4.78, 5) is 36.4. The lowest BCUT2D eigenvalue weighted by Gasteiger charge is -2.29. The van der Waals surface area contributed by atoms with Crippen LogP contribution in [0.1, 0.15) is 36.8 Å². The Morgan fingerprint density at radius 3 is 2.31 bits per heavy atom. The van der Waals surface area contributed by atoms with Crippen molar-refractivity contribution in [2.45, 2.75) is 44.2 Å². The van der Waals surface area contributed by atoms with E-state index < -0.39 is 11.5 Å². The monoisotopic (exact) mass is 395 g/mol. The summed E-state index contributed by atoms with van der Waals surface area (Å²) in [6.07, 6.45) is 2.71. The molecule has 3 amide bonds. The molecule has 0 heterocycles. The van der Waals surface area contributed by atoms with Crippen molar-refractivity contribution >= 4 is 23.6 Å². The van der Waals surface area contributed by atoms with Crippen molar-refractivity contribution < 1.29 is 19.5 Å². The highest BCUT2D eigenvalue weighted by molar-refractivity contribution is 6.00. The molecule has 4 N–H and O–H groups in total. The maximum atomic E-state index is 13.0. The lowest BCUT2D eigenvalue weighted by Crippen LogP contribution is -2.57. The maximum Gasteiger partial charge on any atom is 0.315 e. The van der Waals surface area contributed by atoms with Crippen molar-refractivity contribution in [3.63, 3.8) is 0 Å². The quantitative estimate of drug-likeness (QED) is 0.578. The summed E-state index contributed by atoms with van der Waals surface area (Å²) in [5, 5.41) is 17.5. The Morgan fingerprint density at radius 1 is 0.931 bits per heavy atom. The molecule has 2 aromatic rings. The number of carboxylic acids is 1. The number of rotatable bonds is 7. The highest BCUT2D eigenvalue weighted by atomic mass is 16.4. The molecule has 0 spiro atoms. The summed E-state index contributed by atoms with van der Waals surface area (Å²) < 4.78 is 0. The molecule has 1 saturated carbocycles. The molecule has 0 radical (unpaired) electrons. The first-order valence-corrected chi connectivity index (χ1v) is 9.69. The molecule has 0 aliphatic heterocycles. The molecule has 3 rings (SSSR count). The summed E-state index contributed by atoms with van der Waals surface area (Å²) >= 11 is 0. The van der Waals surface area contributed by atoms with Gasteiger partial charge < -0.3 is 21.1 Å². The molecule has 0 saturated heterocycles. The van der Waals surface area contributed by atoms with Crippen LogP contribution in [0.5, 0.6) is 0 Å². The van der Waals surface area contributed by atoms with Crippen LogP contribution in [0.2, 0.25) is 0 Å². The van der Waals surface area contributed by atoms with Crippen molar-refractivity contribution in [1.29, 1.82) is 0 Å². The van der Waals surface area contributed by atoms with Gasteiger partial charge in [-0.3, -0.25) is 9.59 Å². The second kappa shape index (κ2) is 9.23. The summed E-state index contributed by atoms with van der Waals surface area (Å²) in [7, 11) is 0. The first-order chi connectivity index (χ1) is 14.0. The zero-order valence-electron chi connectivity index (χ0n) is 16.1. The summed E-state index contributed by atoms with van der Waals surface area (Å²) in [6.45, 7) is 0.377. The van der Waals surface area contributed by atoms with E-state index in [4.69, 9.17) is 5.11 Å². The van der Waals surface area contributed by atoms with Crippen LogP contribution < -0.4 is 16.0 Å². The average Bonchev–Trinajstić information content (AvgIpc) is 3.17. The number of carboxylic acid groups (broad SMARTS) is 1. The second-order valence-electron chi connectivity index (χ2n) is 7.31. The Labute approximate surface area is 169 Å². The fourth-order valence-electron chi connectivity index (χ4n) is 3.61. The van der Waals surface area contributed by atoms with Crippen molar-refractivity contribution in [1.82, 2.24) is 10.6 Å². The van der Waals surface area contributed by atoms with E-state index in [0.29, 0.717) is 30.6 Å². The Balaban J connectivity index is 1.64. The summed E-state index contributed by atoms with van der Waals surface area (Å²) in [6, 6.07) is 15.9. The topological polar surface area (TPSA) is 108 Å². The Hall–Kier alpha value is -3.35. The number of urea groups is 1. The minimum absolute atomic E-state index is 0.116. The van der Waals surface area contributed by atoms with E-state index in [-0.39, 0.29) is 18.4 Å². The minimum atomic E-state index is -0.969. The van der Waals surface area contributed by atoms with Crippen LogP contribution in [0.3, 0.4) is 0 Å². The SMILES string of the molecule is O=C(O)Cc1cccc(NC(=O)C2(NC(=O)NCc3ccccc3)CCCC2)c1. The fraction of sp³-hybridized carbons (Fsp3) is 0.318. The Bertz CT molecular complexity index is 877. The molecular weight excluding hydrogens is 370 g/mol.